The Hall–Kier alpha value is -0.710. The molecule has 0 aliphatic rings. The summed E-state index contributed by atoms with van der Waals surface area (Å²) in [6.07, 6.45) is 1.81. The van der Waals surface area contributed by atoms with Gasteiger partial charge in [0.1, 0.15) is 5.01 Å². The maximum absolute atomic E-state index is 8.80. The van der Waals surface area contributed by atoms with Crippen molar-refractivity contribution in [3.8, 4) is 9.75 Å². The molecule has 2 aromatic heterocycles. The van der Waals surface area contributed by atoms with Crippen LogP contribution < -0.4 is 0 Å². The van der Waals surface area contributed by atoms with Crippen LogP contribution in [0.25, 0.3) is 9.75 Å². The lowest BCUT2D eigenvalue weighted by Gasteiger charge is -1.85. The van der Waals surface area contributed by atoms with Gasteiger partial charge in [-0.15, -0.1) is 22.7 Å². The Balaban J connectivity index is 2.35. The molecule has 0 spiro atoms. The molecule has 0 saturated carbocycles. The number of thiophene rings is 1. The van der Waals surface area contributed by atoms with Crippen molar-refractivity contribution >= 4 is 22.7 Å². The Morgan fingerprint density at radius 2 is 2.33 bits per heavy atom. The summed E-state index contributed by atoms with van der Waals surface area (Å²) < 4.78 is 0. The summed E-state index contributed by atoms with van der Waals surface area (Å²) in [5.41, 5.74) is 0. The summed E-state index contributed by atoms with van der Waals surface area (Å²) in [4.78, 5) is 6.41. The van der Waals surface area contributed by atoms with E-state index in [1.54, 1.807) is 11.3 Å². The minimum atomic E-state index is 0.0377. The molecule has 0 amide bonds. The fourth-order valence-corrected chi connectivity index (χ4v) is 2.51. The van der Waals surface area contributed by atoms with Crippen LogP contribution in [0.1, 0.15) is 5.01 Å². The molecule has 0 unspecified atom stereocenters. The molecule has 0 aromatic carbocycles. The van der Waals surface area contributed by atoms with E-state index in [4.69, 9.17) is 5.11 Å². The molecule has 2 aromatic rings. The maximum atomic E-state index is 8.80. The second kappa shape index (κ2) is 3.35. The normalized spacial score (nSPS) is 10.4. The van der Waals surface area contributed by atoms with Gasteiger partial charge in [-0.2, -0.15) is 0 Å². The predicted molar refractivity (Wildman–Crippen MR) is 51.3 cm³/mol. The van der Waals surface area contributed by atoms with Gasteiger partial charge in [-0.3, -0.25) is 0 Å². The Kier molecular flexibility index (Phi) is 2.21. The van der Waals surface area contributed by atoms with Gasteiger partial charge in [0.25, 0.3) is 0 Å². The molecule has 0 atom stereocenters. The maximum Gasteiger partial charge on any atom is 0.119 e. The van der Waals surface area contributed by atoms with Crippen molar-refractivity contribution in [3.63, 3.8) is 0 Å². The monoisotopic (exact) mass is 197 g/mol. The smallest absolute Gasteiger partial charge is 0.119 e. The molecule has 0 fully saturated rings. The second-order valence-corrected chi connectivity index (χ2v) is 4.32. The minimum absolute atomic E-state index is 0.0377. The zero-order valence-corrected chi connectivity index (χ0v) is 7.86. The first-order valence-electron chi connectivity index (χ1n) is 3.49. The number of hydrogen-bond donors (Lipinski definition) is 1. The van der Waals surface area contributed by atoms with Crippen LogP contribution in [0, 0.1) is 0 Å². The van der Waals surface area contributed by atoms with Crippen molar-refractivity contribution in [3.05, 3.63) is 28.7 Å². The summed E-state index contributed by atoms with van der Waals surface area (Å²) in [5, 5.41) is 11.6. The number of rotatable bonds is 2. The molecule has 0 aliphatic heterocycles. The third kappa shape index (κ3) is 1.41. The first-order chi connectivity index (χ1) is 5.90. The van der Waals surface area contributed by atoms with Gasteiger partial charge < -0.3 is 5.11 Å². The number of aromatic nitrogens is 1. The molecular formula is C8H7NOS2. The molecule has 2 heterocycles. The van der Waals surface area contributed by atoms with Crippen molar-refractivity contribution in [2.24, 2.45) is 0 Å². The Bertz CT molecular complexity index is 353. The van der Waals surface area contributed by atoms with E-state index in [9.17, 15) is 0 Å². The first kappa shape index (κ1) is 7.91. The topological polar surface area (TPSA) is 33.1 Å². The quantitative estimate of drug-likeness (QED) is 0.801. The highest BCUT2D eigenvalue weighted by Crippen LogP contribution is 2.29. The first-order valence-corrected chi connectivity index (χ1v) is 5.19. The van der Waals surface area contributed by atoms with Crippen molar-refractivity contribution in [2.45, 2.75) is 6.61 Å². The molecule has 4 heteroatoms. The number of hydrogen-bond acceptors (Lipinski definition) is 4. The SMILES string of the molecule is OCc1ncc(-c2cccs2)s1. The molecule has 0 saturated heterocycles. The summed E-state index contributed by atoms with van der Waals surface area (Å²) in [5.74, 6) is 0. The van der Waals surface area contributed by atoms with Gasteiger partial charge in [0.2, 0.25) is 0 Å². The number of nitrogens with zero attached hydrogens (tertiary/aromatic N) is 1. The zero-order chi connectivity index (χ0) is 8.39. The summed E-state index contributed by atoms with van der Waals surface area (Å²) in [7, 11) is 0. The van der Waals surface area contributed by atoms with Gasteiger partial charge in [0, 0.05) is 11.1 Å². The third-order valence-electron chi connectivity index (χ3n) is 1.45. The summed E-state index contributed by atoms with van der Waals surface area (Å²) >= 11 is 3.23. The zero-order valence-electron chi connectivity index (χ0n) is 6.23. The highest BCUT2D eigenvalue weighted by Gasteiger charge is 2.03. The van der Waals surface area contributed by atoms with Crippen LogP contribution >= 0.6 is 22.7 Å². The highest BCUT2D eigenvalue weighted by molar-refractivity contribution is 7.21. The van der Waals surface area contributed by atoms with E-state index in [2.05, 4.69) is 11.1 Å². The number of aliphatic hydroxyl groups is 1. The molecular weight excluding hydrogens is 190 g/mol. The van der Waals surface area contributed by atoms with Crippen molar-refractivity contribution < 1.29 is 5.11 Å². The van der Waals surface area contributed by atoms with Crippen molar-refractivity contribution in [2.75, 3.05) is 0 Å². The highest BCUT2D eigenvalue weighted by atomic mass is 32.1. The van der Waals surface area contributed by atoms with E-state index in [0.29, 0.717) is 0 Å². The Morgan fingerprint density at radius 1 is 1.42 bits per heavy atom. The average Bonchev–Trinajstić information content (AvgIpc) is 2.75. The van der Waals surface area contributed by atoms with E-state index in [1.807, 2.05) is 17.6 Å². The van der Waals surface area contributed by atoms with Crippen LogP contribution in [0.5, 0.6) is 0 Å². The Morgan fingerprint density at radius 3 is 2.92 bits per heavy atom. The van der Waals surface area contributed by atoms with Crippen molar-refractivity contribution in [1.82, 2.24) is 4.98 Å². The van der Waals surface area contributed by atoms with Crippen LogP contribution in [0.3, 0.4) is 0 Å². The molecule has 2 nitrogen and oxygen atoms in total. The van der Waals surface area contributed by atoms with E-state index in [0.717, 1.165) is 9.88 Å². The number of thiazole rings is 1. The van der Waals surface area contributed by atoms with Crippen LogP contribution in [0.15, 0.2) is 23.7 Å². The lowest BCUT2D eigenvalue weighted by Crippen LogP contribution is -1.75. The molecule has 2 rings (SSSR count). The molecule has 12 heavy (non-hydrogen) atoms. The lowest BCUT2D eigenvalue weighted by atomic mass is 10.4. The lowest BCUT2D eigenvalue weighted by molar-refractivity contribution is 0.281. The third-order valence-corrected chi connectivity index (χ3v) is 3.50. The van der Waals surface area contributed by atoms with Gasteiger partial charge in [-0.05, 0) is 11.4 Å². The van der Waals surface area contributed by atoms with E-state index >= 15 is 0 Å². The van der Waals surface area contributed by atoms with Crippen LogP contribution in [-0.4, -0.2) is 10.1 Å². The fourth-order valence-electron chi connectivity index (χ4n) is 0.916. The molecule has 62 valence electrons. The van der Waals surface area contributed by atoms with E-state index in [-0.39, 0.29) is 6.61 Å². The second-order valence-electron chi connectivity index (χ2n) is 2.25. The molecule has 1 N–H and O–H groups in total. The van der Waals surface area contributed by atoms with E-state index < -0.39 is 0 Å². The number of aliphatic hydroxyl groups excluding tert-OH is 1. The summed E-state index contributed by atoms with van der Waals surface area (Å²) in [6.45, 7) is 0.0377. The van der Waals surface area contributed by atoms with Gasteiger partial charge in [0.05, 0.1) is 11.5 Å². The summed E-state index contributed by atoms with van der Waals surface area (Å²) in [6, 6.07) is 4.07. The van der Waals surface area contributed by atoms with E-state index in [1.165, 1.54) is 16.2 Å². The van der Waals surface area contributed by atoms with Crippen LogP contribution in [0.2, 0.25) is 0 Å². The van der Waals surface area contributed by atoms with Gasteiger partial charge in [-0.25, -0.2) is 4.98 Å². The van der Waals surface area contributed by atoms with Gasteiger partial charge >= 0.3 is 0 Å². The molecule has 0 bridgehead atoms. The Labute approximate surface area is 78.1 Å². The molecule has 0 radical (unpaired) electrons. The largest absolute Gasteiger partial charge is 0.389 e. The van der Waals surface area contributed by atoms with Crippen LogP contribution in [-0.2, 0) is 6.61 Å². The minimum Gasteiger partial charge on any atom is -0.389 e. The van der Waals surface area contributed by atoms with Crippen LogP contribution in [0.4, 0.5) is 0 Å². The van der Waals surface area contributed by atoms with Gasteiger partial charge in [-0.1, -0.05) is 6.07 Å². The fraction of sp³-hybridized carbons (Fsp3) is 0.125. The van der Waals surface area contributed by atoms with Gasteiger partial charge in [0.15, 0.2) is 0 Å². The van der Waals surface area contributed by atoms with Crippen molar-refractivity contribution in [1.29, 1.82) is 0 Å². The molecule has 0 aliphatic carbocycles. The average molecular weight is 197 g/mol. The predicted octanol–water partition coefficient (Wildman–Crippen LogP) is 2.36. The standard InChI is InChI=1S/C8H7NOS2/c10-5-8-9-4-7(12-8)6-2-1-3-11-6/h1-4,10H,5H2.